The lowest BCUT2D eigenvalue weighted by molar-refractivity contribution is -0.137. The van der Waals surface area contributed by atoms with Gasteiger partial charge >= 0.3 is 0 Å². The van der Waals surface area contributed by atoms with Gasteiger partial charge in [-0.2, -0.15) is 0 Å². The summed E-state index contributed by atoms with van der Waals surface area (Å²) in [5.74, 6) is -0.818. The molecule has 4 amide bonds. The number of carbonyl (C=O) groups excluding carboxylic acids is 4. The smallest absolute Gasteiger partial charge is 0.258 e. The van der Waals surface area contributed by atoms with Crippen LogP contribution in [0.25, 0.3) is 0 Å². The van der Waals surface area contributed by atoms with Crippen molar-refractivity contribution in [2.75, 3.05) is 6.61 Å². The minimum Gasteiger partial charge on any atom is -0.483 e. The zero-order chi connectivity index (χ0) is 22.9. The first-order valence-electron chi connectivity index (χ1n) is 11.3. The number of hydrogen-bond acceptors (Lipinski definition) is 5. The molecule has 5 rings (SSSR count). The maximum Gasteiger partial charge on any atom is 0.258 e. The van der Waals surface area contributed by atoms with E-state index in [1.165, 1.54) is 10.5 Å². The number of rotatable bonds is 5. The first-order chi connectivity index (χ1) is 16.0. The highest BCUT2D eigenvalue weighted by atomic mass is 16.5. The van der Waals surface area contributed by atoms with Crippen molar-refractivity contribution in [2.24, 2.45) is 0 Å². The van der Waals surface area contributed by atoms with E-state index in [0.717, 1.165) is 24.8 Å². The van der Waals surface area contributed by atoms with Crippen molar-refractivity contribution in [1.29, 1.82) is 0 Å². The minimum absolute atomic E-state index is 0.0304. The summed E-state index contributed by atoms with van der Waals surface area (Å²) in [5, 5.41) is 5.36. The molecule has 8 nitrogen and oxygen atoms in total. The number of carbonyl (C=O) groups is 4. The quantitative estimate of drug-likeness (QED) is 0.683. The number of nitrogens with zero attached hydrogens (tertiary/aromatic N) is 1. The largest absolute Gasteiger partial charge is 0.483 e. The molecule has 2 aliphatic heterocycles. The van der Waals surface area contributed by atoms with Gasteiger partial charge in [0.25, 0.3) is 11.8 Å². The highest BCUT2D eigenvalue weighted by molar-refractivity contribution is 6.05. The molecule has 0 saturated carbocycles. The highest BCUT2D eigenvalue weighted by Gasteiger charge is 2.40. The van der Waals surface area contributed by atoms with Gasteiger partial charge in [0.15, 0.2) is 6.61 Å². The van der Waals surface area contributed by atoms with Crippen LogP contribution in [0.1, 0.15) is 58.8 Å². The number of imide groups is 1. The molecule has 0 radical (unpaired) electrons. The highest BCUT2D eigenvalue weighted by Crippen LogP contribution is 2.34. The Morgan fingerprint density at radius 2 is 1.91 bits per heavy atom. The summed E-state index contributed by atoms with van der Waals surface area (Å²) >= 11 is 0. The van der Waals surface area contributed by atoms with E-state index in [1.807, 2.05) is 12.1 Å². The zero-order valence-electron chi connectivity index (χ0n) is 18.1. The molecule has 0 spiro atoms. The van der Waals surface area contributed by atoms with Gasteiger partial charge in [0.1, 0.15) is 11.8 Å². The van der Waals surface area contributed by atoms with Crippen LogP contribution in [0.4, 0.5) is 0 Å². The maximum atomic E-state index is 12.9. The molecule has 8 heteroatoms. The van der Waals surface area contributed by atoms with Gasteiger partial charge in [0.2, 0.25) is 11.8 Å². The molecule has 2 aromatic carbocycles. The fraction of sp³-hybridized carbons (Fsp3) is 0.360. The molecule has 2 aromatic rings. The van der Waals surface area contributed by atoms with Gasteiger partial charge in [-0.1, -0.05) is 30.3 Å². The Morgan fingerprint density at radius 3 is 2.76 bits per heavy atom. The second kappa shape index (κ2) is 8.69. The lowest BCUT2D eigenvalue weighted by atomic mass is 9.88. The maximum absolute atomic E-state index is 12.9. The van der Waals surface area contributed by atoms with Gasteiger partial charge in [-0.25, -0.2) is 0 Å². The van der Waals surface area contributed by atoms with Crippen LogP contribution in [0.3, 0.4) is 0 Å². The summed E-state index contributed by atoms with van der Waals surface area (Å²) in [6.45, 7) is 0.0377. The monoisotopic (exact) mass is 447 g/mol. The normalized spacial score (nSPS) is 21.8. The minimum atomic E-state index is -0.690. The van der Waals surface area contributed by atoms with Crippen molar-refractivity contribution in [3.05, 3.63) is 64.7 Å². The van der Waals surface area contributed by atoms with Crippen LogP contribution in [0.15, 0.2) is 42.5 Å². The molecule has 170 valence electrons. The fourth-order valence-corrected chi connectivity index (χ4v) is 4.98. The van der Waals surface area contributed by atoms with Gasteiger partial charge in [-0.05, 0) is 48.9 Å². The topological polar surface area (TPSA) is 105 Å². The molecular formula is C25H25N3O5. The SMILES string of the molecule is O=C1CCC(N2Cc3c(OCC(=O)N[C@@H]4CCCc5ccccc54)cccc3C2=O)C(=O)N1. The van der Waals surface area contributed by atoms with E-state index in [0.29, 0.717) is 23.3 Å². The average molecular weight is 447 g/mol. The molecule has 2 atom stereocenters. The second-order valence-corrected chi connectivity index (χ2v) is 8.68. The lowest BCUT2D eigenvalue weighted by Crippen LogP contribution is -2.52. The summed E-state index contributed by atoms with van der Waals surface area (Å²) in [6.07, 6.45) is 3.43. The molecule has 2 heterocycles. The third-order valence-corrected chi connectivity index (χ3v) is 6.60. The summed E-state index contributed by atoms with van der Waals surface area (Å²) in [4.78, 5) is 50.7. The van der Waals surface area contributed by atoms with Crippen molar-refractivity contribution in [2.45, 2.75) is 50.7 Å². The molecule has 2 N–H and O–H groups in total. The van der Waals surface area contributed by atoms with Crippen LogP contribution in [0.2, 0.25) is 0 Å². The number of ether oxygens (including phenoxy) is 1. The molecule has 1 saturated heterocycles. The molecule has 33 heavy (non-hydrogen) atoms. The van der Waals surface area contributed by atoms with E-state index >= 15 is 0 Å². The Bertz CT molecular complexity index is 1140. The van der Waals surface area contributed by atoms with E-state index in [1.54, 1.807) is 18.2 Å². The van der Waals surface area contributed by atoms with Crippen molar-refractivity contribution in [3.63, 3.8) is 0 Å². The Kier molecular flexibility index (Phi) is 5.58. The van der Waals surface area contributed by atoms with Crippen LogP contribution in [0.5, 0.6) is 5.75 Å². The van der Waals surface area contributed by atoms with Crippen molar-refractivity contribution in [1.82, 2.24) is 15.5 Å². The average Bonchev–Trinajstić information content (AvgIpc) is 3.15. The van der Waals surface area contributed by atoms with E-state index < -0.39 is 11.9 Å². The van der Waals surface area contributed by atoms with E-state index in [-0.39, 0.29) is 43.3 Å². The standard InChI is InChI=1S/C25H25N3O5/c29-22-12-11-20(24(31)27-22)28-13-18-17(25(28)32)8-4-10-21(18)33-14-23(30)26-19-9-3-6-15-5-1-2-7-16(15)19/h1-2,4-5,7-8,10,19-20H,3,6,9,11-14H2,(H,26,30)(H,27,29,31)/t19-,20?/m1/s1. The van der Waals surface area contributed by atoms with Gasteiger partial charge in [-0.15, -0.1) is 0 Å². The number of aryl methyl sites for hydroxylation is 1. The molecule has 1 aliphatic carbocycles. The van der Waals surface area contributed by atoms with Crippen molar-refractivity contribution < 1.29 is 23.9 Å². The van der Waals surface area contributed by atoms with E-state index in [4.69, 9.17) is 4.74 Å². The molecule has 3 aliphatic rings. The van der Waals surface area contributed by atoms with Gasteiger partial charge in [0, 0.05) is 17.5 Å². The number of hydrogen-bond donors (Lipinski definition) is 2. The number of benzene rings is 2. The summed E-state index contributed by atoms with van der Waals surface area (Å²) in [6, 6.07) is 12.6. The first kappa shape index (κ1) is 21.2. The summed E-state index contributed by atoms with van der Waals surface area (Å²) in [7, 11) is 0. The Morgan fingerprint density at radius 1 is 1.06 bits per heavy atom. The fourth-order valence-electron chi connectivity index (χ4n) is 4.98. The predicted octanol–water partition coefficient (Wildman–Crippen LogP) is 2.02. The van der Waals surface area contributed by atoms with Crippen molar-refractivity contribution in [3.8, 4) is 5.75 Å². The van der Waals surface area contributed by atoms with Crippen molar-refractivity contribution >= 4 is 23.6 Å². The molecular weight excluding hydrogens is 422 g/mol. The summed E-state index contributed by atoms with van der Waals surface area (Å²) in [5.41, 5.74) is 3.54. The second-order valence-electron chi connectivity index (χ2n) is 8.68. The predicted molar refractivity (Wildman–Crippen MR) is 118 cm³/mol. The third kappa shape index (κ3) is 4.08. The summed E-state index contributed by atoms with van der Waals surface area (Å²) < 4.78 is 5.82. The molecule has 1 fully saturated rings. The number of nitrogens with one attached hydrogen (secondary N) is 2. The van der Waals surface area contributed by atoms with E-state index in [9.17, 15) is 19.2 Å². The lowest BCUT2D eigenvalue weighted by Gasteiger charge is -2.29. The van der Waals surface area contributed by atoms with Crippen LogP contribution in [-0.2, 0) is 27.3 Å². The Hall–Kier alpha value is -3.68. The zero-order valence-corrected chi connectivity index (χ0v) is 18.1. The molecule has 0 bridgehead atoms. The number of piperidine rings is 1. The third-order valence-electron chi connectivity index (χ3n) is 6.60. The Balaban J connectivity index is 1.25. The molecule has 0 aromatic heterocycles. The molecule has 1 unspecified atom stereocenters. The van der Waals surface area contributed by atoms with Crippen LogP contribution < -0.4 is 15.4 Å². The van der Waals surface area contributed by atoms with Gasteiger partial charge < -0.3 is 15.0 Å². The van der Waals surface area contributed by atoms with Gasteiger partial charge in [-0.3, -0.25) is 24.5 Å². The first-order valence-corrected chi connectivity index (χ1v) is 11.3. The Labute approximate surface area is 191 Å². The van der Waals surface area contributed by atoms with Crippen LogP contribution in [0, 0.1) is 0 Å². The van der Waals surface area contributed by atoms with E-state index in [2.05, 4.69) is 22.8 Å². The van der Waals surface area contributed by atoms with Gasteiger partial charge in [0.05, 0.1) is 12.6 Å². The number of amides is 4. The van der Waals surface area contributed by atoms with Crippen LogP contribution in [-0.4, -0.2) is 41.2 Å². The van der Waals surface area contributed by atoms with Crippen LogP contribution >= 0.6 is 0 Å². The number of fused-ring (bicyclic) bond motifs is 2.